The molecule has 0 radical (unpaired) electrons. The van der Waals surface area contributed by atoms with Crippen LogP contribution in [-0.2, 0) is 15.7 Å². The van der Waals surface area contributed by atoms with Crippen LogP contribution in [0.3, 0.4) is 0 Å². The van der Waals surface area contributed by atoms with Crippen molar-refractivity contribution in [2.24, 2.45) is 5.92 Å². The fourth-order valence-corrected chi connectivity index (χ4v) is 3.58. The molecule has 0 spiro atoms. The number of piperidine rings is 1. The van der Waals surface area contributed by atoms with Crippen LogP contribution in [0.25, 0.3) is 0 Å². The molecule has 168 valence electrons. The average Bonchev–Trinajstić information content (AvgIpc) is 2.73. The van der Waals surface area contributed by atoms with Crippen LogP contribution in [0.2, 0.25) is 5.15 Å². The lowest BCUT2D eigenvalue weighted by molar-refractivity contribution is -0.148. The Kier molecular flexibility index (Phi) is 7.09. The van der Waals surface area contributed by atoms with E-state index in [9.17, 15) is 18.0 Å². The van der Waals surface area contributed by atoms with Gasteiger partial charge in [-0.05, 0) is 31.9 Å². The first-order valence-electron chi connectivity index (χ1n) is 9.69. The Morgan fingerprint density at radius 1 is 1.32 bits per heavy atom. The van der Waals surface area contributed by atoms with Crippen molar-refractivity contribution in [3.63, 3.8) is 0 Å². The molecule has 3 rings (SSSR count). The summed E-state index contributed by atoms with van der Waals surface area (Å²) in [4.78, 5) is 21.4. The minimum absolute atomic E-state index is 0.0840. The van der Waals surface area contributed by atoms with Crippen molar-refractivity contribution in [3.05, 3.63) is 35.1 Å². The zero-order valence-electron chi connectivity index (χ0n) is 17.0. The molecule has 1 saturated heterocycles. The highest BCUT2D eigenvalue weighted by atomic mass is 35.5. The third kappa shape index (κ3) is 5.49. The molecule has 1 fully saturated rings. The molecule has 1 aliphatic heterocycles. The molecule has 0 amide bonds. The fourth-order valence-electron chi connectivity index (χ4n) is 3.35. The van der Waals surface area contributed by atoms with E-state index < -0.39 is 16.9 Å². The number of hydrogen-bond donors (Lipinski definition) is 1. The molecule has 31 heavy (non-hydrogen) atoms. The molecule has 0 atom stereocenters. The van der Waals surface area contributed by atoms with Crippen molar-refractivity contribution >= 4 is 34.9 Å². The number of rotatable bonds is 6. The maximum absolute atomic E-state index is 12.8. The summed E-state index contributed by atoms with van der Waals surface area (Å²) in [5, 5.41) is 2.14. The van der Waals surface area contributed by atoms with Gasteiger partial charge in [0.25, 0.3) is 0 Å². The van der Waals surface area contributed by atoms with Crippen LogP contribution in [0, 0.1) is 5.92 Å². The van der Waals surface area contributed by atoms with Gasteiger partial charge in [-0.3, -0.25) is 4.79 Å². The Morgan fingerprint density at radius 2 is 2.03 bits per heavy atom. The van der Waals surface area contributed by atoms with Gasteiger partial charge in [-0.25, -0.2) is 9.97 Å². The van der Waals surface area contributed by atoms with E-state index in [-0.39, 0.29) is 17.8 Å². The molecule has 2 heterocycles. The molecule has 1 N–H and O–H groups in total. The van der Waals surface area contributed by atoms with Gasteiger partial charge in [-0.2, -0.15) is 13.2 Å². The number of nitrogens with zero attached hydrogens (tertiary/aromatic N) is 3. The number of nitrogens with one attached hydrogen (secondary N) is 1. The summed E-state index contributed by atoms with van der Waals surface area (Å²) < 4.78 is 49.0. The monoisotopic (exact) mass is 458 g/mol. The number of alkyl halides is 3. The zero-order chi connectivity index (χ0) is 22.6. The van der Waals surface area contributed by atoms with Crippen LogP contribution in [0.4, 0.5) is 30.5 Å². The summed E-state index contributed by atoms with van der Waals surface area (Å²) >= 11 is 5.65. The Labute approximate surface area is 182 Å². The Bertz CT molecular complexity index is 934. The van der Waals surface area contributed by atoms with Crippen molar-refractivity contribution < 1.29 is 27.4 Å². The highest BCUT2D eigenvalue weighted by molar-refractivity contribution is 6.30. The van der Waals surface area contributed by atoms with E-state index >= 15 is 0 Å². The maximum atomic E-state index is 12.8. The smallest absolute Gasteiger partial charge is 0.420 e. The lowest BCUT2D eigenvalue weighted by atomic mass is 9.96. The zero-order valence-corrected chi connectivity index (χ0v) is 17.8. The number of hydrogen-bond acceptors (Lipinski definition) is 7. The van der Waals surface area contributed by atoms with Crippen LogP contribution < -0.4 is 15.0 Å². The van der Waals surface area contributed by atoms with Gasteiger partial charge in [-0.15, -0.1) is 0 Å². The van der Waals surface area contributed by atoms with E-state index in [2.05, 4.69) is 20.2 Å². The summed E-state index contributed by atoms with van der Waals surface area (Å²) in [7, 11) is 1.48. The van der Waals surface area contributed by atoms with Gasteiger partial charge in [0.05, 0.1) is 25.3 Å². The van der Waals surface area contributed by atoms with Gasteiger partial charge < -0.3 is 19.7 Å². The normalized spacial score (nSPS) is 15.0. The van der Waals surface area contributed by atoms with Gasteiger partial charge in [-0.1, -0.05) is 11.6 Å². The minimum atomic E-state index is -4.63. The Morgan fingerprint density at radius 3 is 2.61 bits per heavy atom. The van der Waals surface area contributed by atoms with Crippen LogP contribution in [0.1, 0.15) is 25.3 Å². The molecule has 2 aromatic rings. The van der Waals surface area contributed by atoms with Crippen molar-refractivity contribution in [1.29, 1.82) is 0 Å². The number of benzene rings is 1. The van der Waals surface area contributed by atoms with Crippen LogP contribution in [0.15, 0.2) is 24.4 Å². The second-order valence-corrected chi connectivity index (χ2v) is 7.28. The lowest BCUT2D eigenvalue weighted by Gasteiger charge is -2.33. The van der Waals surface area contributed by atoms with E-state index in [1.807, 2.05) is 6.07 Å². The predicted molar refractivity (Wildman–Crippen MR) is 110 cm³/mol. The van der Waals surface area contributed by atoms with Gasteiger partial charge >= 0.3 is 12.1 Å². The molecule has 1 aromatic carbocycles. The van der Waals surface area contributed by atoms with E-state index in [4.69, 9.17) is 21.1 Å². The Hall–Kier alpha value is -2.75. The summed E-state index contributed by atoms with van der Waals surface area (Å²) in [6.07, 6.45) is -2.61. The highest BCUT2D eigenvalue weighted by Crippen LogP contribution is 2.36. The second-order valence-electron chi connectivity index (χ2n) is 6.92. The molecule has 7 nitrogen and oxygen atoms in total. The van der Waals surface area contributed by atoms with Crippen LogP contribution in [0.5, 0.6) is 5.75 Å². The number of aromatic nitrogens is 2. The lowest BCUT2D eigenvalue weighted by Crippen LogP contribution is -2.37. The summed E-state index contributed by atoms with van der Waals surface area (Å²) in [5.74, 6) is 0.124. The first-order valence-corrected chi connectivity index (χ1v) is 10.1. The predicted octanol–water partition coefficient (Wildman–Crippen LogP) is 4.68. The molecule has 1 aliphatic rings. The topological polar surface area (TPSA) is 76.6 Å². The van der Waals surface area contributed by atoms with E-state index in [0.717, 1.165) is 5.69 Å². The van der Waals surface area contributed by atoms with Crippen LogP contribution >= 0.6 is 11.6 Å². The fraction of sp³-hybridized carbons (Fsp3) is 0.450. The molecule has 0 unspecified atom stereocenters. The molecule has 0 aliphatic carbocycles. The van der Waals surface area contributed by atoms with Crippen LogP contribution in [-0.4, -0.2) is 42.7 Å². The minimum Gasteiger partial charge on any atom is -0.494 e. The largest absolute Gasteiger partial charge is 0.494 e. The quantitative estimate of drug-likeness (QED) is 0.497. The Balaban J connectivity index is 1.71. The summed E-state index contributed by atoms with van der Waals surface area (Å²) in [6, 6.07) is 5.38. The number of anilines is 3. The van der Waals surface area contributed by atoms with Crippen molar-refractivity contribution in [1.82, 2.24) is 9.97 Å². The van der Waals surface area contributed by atoms with E-state index in [1.54, 1.807) is 19.1 Å². The summed E-state index contributed by atoms with van der Waals surface area (Å²) in [5.41, 5.74) is 0.271. The van der Waals surface area contributed by atoms with Gasteiger partial charge in [0.15, 0.2) is 0 Å². The van der Waals surface area contributed by atoms with Gasteiger partial charge in [0.2, 0.25) is 5.95 Å². The number of methoxy groups -OCH3 is 1. The van der Waals surface area contributed by atoms with E-state index in [0.29, 0.717) is 50.2 Å². The second kappa shape index (κ2) is 9.59. The molecule has 11 heteroatoms. The van der Waals surface area contributed by atoms with Crippen molar-refractivity contribution in [3.8, 4) is 5.75 Å². The molecule has 0 saturated carbocycles. The van der Waals surface area contributed by atoms with Gasteiger partial charge in [0.1, 0.15) is 16.5 Å². The number of carbonyl (C=O) groups is 1. The number of halogens is 4. The number of carbonyl (C=O) groups excluding carboxylic acids is 1. The third-order valence-corrected chi connectivity index (χ3v) is 5.25. The van der Waals surface area contributed by atoms with Crippen molar-refractivity contribution in [2.75, 3.05) is 37.0 Å². The number of ether oxygens (including phenoxy) is 2. The molecular weight excluding hydrogens is 437 g/mol. The van der Waals surface area contributed by atoms with E-state index in [1.165, 1.54) is 7.11 Å². The highest BCUT2D eigenvalue weighted by Gasteiger charge is 2.34. The molecule has 0 bridgehead atoms. The maximum Gasteiger partial charge on any atom is 0.420 e. The third-order valence-electron chi connectivity index (χ3n) is 4.96. The molecular formula is C20H22ClF3N4O3. The SMILES string of the molecule is CCOC(=O)C1CCN(c2ccc(Nc3ncc(C(F)(F)F)c(Cl)n3)c(OC)c2)CC1. The van der Waals surface area contributed by atoms with Gasteiger partial charge in [0, 0.05) is 31.0 Å². The average molecular weight is 459 g/mol. The first-order chi connectivity index (χ1) is 14.7. The number of esters is 1. The summed E-state index contributed by atoms with van der Waals surface area (Å²) in [6.45, 7) is 3.55. The standard InChI is InChI=1S/C20H22ClF3N4O3/c1-3-31-18(29)12-6-8-28(9-7-12)13-4-5-15(16(10-13)30-2)26-19-25-11-14(17(21)27-19)20(22,23)24/h4-5,10-12H,3,6-9H2,1-2H3,(H,25,26,27). The first kappa shape index (κ1) is 22.9. The van der Waals surface area contributed by atoms with Crippen molar-refractivity contribution in [2.45, 2.75) is 25.9 Å². The molecule has 1 aromatic heterocycles.